The Bertz CT molecular complexity index is 596. The number of esters is 1. The minimum atomic E-state index is -0.473. The molecule has 1 aromatic carbocycles. The van der Waals surface area contributed by atoms with E-state index in [-0.39, 0.29) is 5.15 Å². The average molecular weight is 311 g/mol. The number of nitrogens with zero attached hydrogens (tertiary/aromatic N) is 1. The van der Waals surface area contributed by atoms with Crippen molar-refractivity contribution in [3.8, 4) is 0 Å². The van der Waals surface area contributed by atoms with Crippen LogP contribution in [0, 0.1) is 0 Å². The molecule has 0 spiro atoms. The summed E-state index contributed by atoms with van der Waals surface area (Å²) in [7, 11) is 1.32. The van der Waals surface area contributed by atoms with Crippen molar-refractivity contribution in [2.45, 2.75) is 19.8 Å². The first kappa shape index (κ1) is 14.8. The number of aryl methyl sites for hydroxylation is 1. The summed E-state index contributed by atoms with van der Waals surface area (Å²) in [4.78, 5) is 15.9. The zero-order valence-electron chi connectivity index (χ0n) is 11.3. The predicted molar refractivity (Wildman–Crippen MR) is 82.2 cm³/mol. The van der Waals surface area contributed by atoms with E-state index in [9.17, 15) is 4.79 Å². The molecule has 2 aromatic rings. The van der Waals surface area contributed by atoms with Gasteiger partial charge < -0.3 is 10.1 Å². The van der Waals surface area contributed by atoms with Crippen LogP contribution < -0.4 is 5.32 Å². The van der Waals surface area contributed by atoms with E-state index in [0.29, 0.717) is 10.0 Å². The number of carbonyl (C=O) groups is 1. The average Bonchev–Trinajstić information content (AvgIpc) is 2.81. The molecule has 1 heterocycles. The zero-order chi connectivity index (χ0) is 14.5. The normalized spacial score (nSPS) is 10.3. The highest BCUT2D eigenvalue weighted by Gasteiger charge is 2.17. The number of methoxy groups -OCH3 is 1. The summed E-state index contributed by atoms with van der Waals surface area (Å²) in [5.74, 6) is -0.473. The van der Waals surface area contributed by atoms with Gasteiger partial charge in [-0.25, -0.2) is 9.78 Å². The van der Waals surface area contributed by atoms with Crippen molar-refractivity contribution in [3.05, 3.63) is 39.9 Å². The van der Waals surface area contributed by atoms with Gasteiger partial charge in [0.1, 0.15) is 0 Å². The van der Waals surface area contributed by atoms with Crippen LogP contribution in [0.15, 0.2) is 24.3 Å². The van der Waals surface area contributed by atoms with Gasteiger partial charge in [0.15, 0.2) is 15.2 Å². The highest BCUT2D eigenvalue weighted by molar-refractivity contribution is 7.18. The van der Waals surface area contributed by atoms with E-state index in [1.54, 1.807) is 0 Å². The molecule has 0 saturated heterocycles. The van der Waals surface area contributed by atoms with Crippen LogP contribution in [0.4, 0.5) is 10.8 Å². The van der Waals surface area contributed by atoms with Crippen molar-refractivity contribution in [1.29, 1.82) is 0 Å². The van der Waals surface area contributed by atoms with Crippen LogP contribution in [0.3, 0.4) is 0 Å². The SMILES string of the molecule is CCCc1ccc(Nc2nc(Cl)c(C(=O)OC)s2)cc1. The molecule has 1 aromatic heterocycles. The van der Waals surface area contributed by atoms with E-state index < -0.39 is 5.97 Å². The quantitative estimate of drug-likeness (QED) is 0.837. The second-order valence-corrected chi connectivity index (χ2v) is 5.56. The van der Waals surface area contributed by atoms with Gasteiger partial charge in [0, 0.05) is 5.69 Å². The largest absolute Gasteiger partial charge is 0.465 e. The molecule has 0 atom stereocenters. The van der Waals surface area contributed by atoms with Gasteiger partial charge in [-0.3, -0.25) is 0 Å². The second-order valence-electron chi connectivity index (χ2n) is 4.20. The van der Waals surface area contributed by atoms with E-state index in [4.69, 9.17) is 11.6 Å². The summed E-state index contributed by atoms with van der Waals surface area (Å²) in [5, 5.41) is 3.86. The number of aromatic nitrogens is 1. The van der Waals surface area contributed by atoms with E-state index >= 15 is 0 Å². The van der Waals surface area contributed by atoms with Crippen LogP contribution in [0.5, 0.6) is 0 Å². The lowest BCUT2D eigenvalue weighted by atomic mass is 10.1. The summed E-state index contributed by atoms with van der Waals surface area (Å²) in [6.07, 6.45) is 2.19. The third-order valence-corrected chi connectivity index (χ3v) is 4.04. The number of ether oxygens (including phenoxy) is 1. The van der Waals surface area contributed by atoms with Crippen LogP contribution in [0.1, 0.15) is 28.6 Å². The molecule has 6 heteroatoms. The lowest BCUT2D eigenvalue weighted by Gasteiger charge is -2.03. The third kappa shape index (κ3) is 3.49. The van der Waals surface area contributed by atoms with Crippen LogP contribution in [-0.2, 0) is 11.2 Å². The van der Waals surface area contributed by atoms with Crippen molar-refractivity contribution in [2.24, 2.45) is 0 Å². The molecule has 0 aliphatic heterocycles. The number of nitrogens with one attached hydrogen (secondary N) is 1. The Morgan fingerprint density at radius 2 is 2.10 bits per heavy atom. The Hall–Kier alpha value is -1.59. The Balaban J connectivity index is 2.11. The number of rotatable bonds is 5. The van der Waals surface area contributed by atoms with Crippen molar-refractivity contribution < 1.29 is 9.53 Å². The predicted octanol–water partition coefficient (Wildman–Crippen LogP) is 4.28. The third-order valence-electron chi connectivity index (χ3n) is 2.70. The number of anilines is 2. The first-order valence-electron chi connectivity index (χ1n) is 6.24. The van der Waals surface area contributed by atoms with Crippen LogP contribution in [0.2, 0.25) is 5.15 Å². The zero-order valence-corrected chi connectivity index (χ0v) is 12.8. The van der Waals surface area contributed by atoms with E-state index in [2.05, 4.69) is 34.1 Å². The monoisotopic (exact) mass is 310 g/mol. The van der Waals surface area contributed by atoms with Gasteiger partial charge in [0.2, 0.25) is 0 Å². The number of thiazole rings is 1. The summed E-state index contributed by atoms with van der Waals surface area (Å²) in [6.45, 7) is 2.15. The summed E-state index contributed by atoms with van der Waals surface area (Å²) >= 11 is 7.08. The molecular formula is C14H15ClN2O2S. The molecule has 0 unspecified atom stereocenters. The van der Waals surface area contributed by atoms with Gasteiger partial charge in [0.05, 0.1) is 7.11 Å². The highest BCUT2D eigenvalue weighted by Crippen LogP contribution is 2.29. The number of hydrogen-bond donors (Lipinski definition) is 1. The molecule has 106 valence electrons. The van der Waals surface area contributed by atoms with Gasteiger partial charge in [-0.1, -0.05) is 48.4 Å². The smallest absolute Gasteiger partial charge is 0.351 e. The maximum Gasteiger partial charge on any atom is 0.351 e. The maximum absolute atomic E-state index is 11.5. The van der Waals surface area contributed by atoms with Crippen LogP contribution in [0.25, 0.3) is 0 Å². The molecule has 4 nitrogen and oxygen atoms in total. The lowest BCUT2D eigenvalue weighted by molar-refractivity contribution is 0.0606. The minimum Gasteiger partial charge on any atom is -0.465 e. The fourth-order valence-electron chi connectivity index (χ4n) is 1.74. The number of halogens is 1. The Morgan fingerprint density at radius 1 is 1.40 bits per heavy atom. The first-order chi connectivity index (χ1) is 9.63. The molecule has 2 rings (SSSR count). The molecule has 0 aliphatic carbocycles. The second kappa shape index (κ2) is 6.72. The minimum absolute atomic E-state index is 0.159. The molecule has 0 amide bonds. The fourth-order valence-corrected chi connectivity index (χ4v) is 2.86. The van der Waals surface area contributed by atoms with Crippen molar-refractivity contribution in [3.63, 3.8) is 0 Å². The van der Waals surface area contributed by atoms with E-state index in [1.165, 1.54) is 24.0 Å². The van der Waals surface area contributed by atoms with Gasteiger partial charge in [-0.15, -0.1) is 0 Å². The number of benzene rings is 1. The molecule has 0 saturated carbocycles. The van der Waals surface area contributed by atoms with Crippen molar-refractivity contribution in [1.82, 2.24) is 4.98 Å². The Labute approximate surface area is 126 Å². The summed E-state index contributed by atoms with van der Waals surface area (Å²) in [6, 6.07) is 8.11. The van der Waals surface area contributed by atoms with Gasteiger partial charge in [-0.05, 0) is 24.1 Å². The van der Waals surface area contributed by atoms with E-state index in [1.807, 2.05) is 12.1 Å². The van der Waals surface area contributed by atoms with E-state index in [0.717, 1.165) is 18.5 Å². The molecule has 0 radical (unpaired) electrons. The summed E-state index contributed by atoms with van der Waals surface area (Å²) < 4.78 is 4.64. The molecule has 0 bridgehead atoms. The van der Waals surface area contributed by atoms with Crippen molar-refractivity contribution >= 4 is 39.7 Å². The molecule has 0 fully saturated rings. The van der Waals surface area contributed by atoms with Crippen molar-refractivity contribution in [2.75, 3.05) is 12.4 Å². The fraction of sp³-hybridized carbons (Fsp3) is 0.286. The van der Waals surface area contributed by atoms with Gasteiger partial charge >= 0.3 is 5.97 Å². The topological polar surface area (TPSA) is 51.2 Å². The molecule has 1 N–H and O–H groups in total. The summed E-state index contributed by atoms with van der Waals surface area (Å²) in [5.41, 5.74) is 2.21. The molecule has 20 heavy (non-hydrogen) atoms. The first-order valence-corrected chi connectivity index (χ1v) is 7.44. The standard InChI is InChI=1S/C14H15ClN2O2S/c1-3-4-9-5-7-10(8-6-9)16-14-17-12(15)11(20-14)13(18)19-2/h5-8H,3-4H2,1-2H3,(H,16,17). The Kier molecular flexibility index (Phi) is 4.98. The number of carbonyl (C=O) groups excluding carboxylic acids is 1. The maximum atomic E-state index is 11.5. The molecular weight excluding hydrogens is 296 g/mol. The number of hydrogen-bond acceptors (Lipinski definition) is 5. The van der Waals surface area contributed by atoms with Crippen LogP contribution >= 0.6 is 22.9 Å². The lowest BCUT2D eigenvalue weighted by Crippen LogP contribution is -1.98. The molecule has 0 aliphatic rings. The van der Waals surface area contributed by atoms with Crippen LogP contribution in [-0.4, -0.2) is 18.1 Å². The van der Waals surface area contributed by atoms with Gasteiger partial charge in [0.25, 0.3) is 0 Å². The highest BCUT2D eigenvalue weighted by atomic mass is 35.5. The Morgan fingerprint density at radius 3 is 2.70 bits per heavy atom. The van der Waals surface area contributed by atoms with Gasteiger partial charge in [-0.2, -0.15) is 0 Å².